The summed E-state index contributed by atoms with van der Waals surface area (Å²) in [6.45, 7) is 9.34. The van der Waals surface area contributed by atoms with E-state index in [4.69, 9.17) is 9.72 Å². The smallest absolute Gasteiger partial charge is 0.260 e. The summed E-state index contributed by atoms with van der Waals surface area (Å²) >= 11 is 0. The van der Waals surface area contributed by atoms with E-state index in [1.165, 1.54) is 16.5 Å². The summed E-state index contributed by atoms with van der Waals surface area (Å²) in [6.07, 6.45) is 0.890. The molecule has 0 saturated carbocycles. The number of rotatable bonds is 5. The number of benzene rings is 2. The normalized spacial score (nSPS) is 14.2. The Hall–Kier alpha value is -3.08. The van der Waals surface area contributed by atoms with Crippen LogP contribution in [0.1, 0.15) is 23.6 Å². The van der Waals surface area contributed by atoms with Crippen molar-refractivity contribution in [2.75, 3.05) is 37.7 Å². The Labute approximate surface area is 178 Å². The number of anilines is 1. The average Bonchev–Trinajstić information content (AvgIpc) is 2.78. The Balaban J connectivity index is 1.38. The Morgan fingerprint density at radius 3 is 2.53 bits per heavy atom. The second kappa shape index (κ2) is 8.74. The molecule has 0 bridgehead atoms. The first kappa shape index (κ1) is 20.2. The van der Waals surface area contributed by atoms with Gasteiger partial charge in [-0.15, -0.1) is 0 Å². The number of aromatic nitrogens is 1. The van der Waals surface area contributed by atoms with Crippen LogP contribution in [-0.4, -0.2) is 48.6 Å². The van der Waals surface area contributed by atoms with Gasteiger partial charge in [0.1, 0.15) is 11.6 Å². The number of carbonyl (C=O) groups excluding carboxylic acids is 1. The molecule has 1 aromatic heterocycles. The molecule has 5 heteroatoms. The molecule has 0 aliphatic carbocycles. The van der Waals surface area contributed by atoms with Gasteiger partial charge in [0.25, 0.3) is 5.91 Å². The average molecular weight is 404 g/mol. The Kier molecular flexibility index (Phi) is 5.88. The highest BCUT2D eigenvalue weighted by Crippen LogP contribution is 2.25. The first-order chi connectivity index (χ1) is 14.6. The van der Waals surface area contributed by atoms with Gasteiger partial charge in [0, 0.05) is 31.6 Å². The number of piperazine rings is 1. The van der Waals surface area contributed by atoms with Gasteiger partial charge in [-0.2, -0.15) is 0 Å². The van der Waals surface area contributed by atoms with Gasteiger partial charge in [-0.25, -0.2) is 4.98 Å². The molecule has 4 rings (SSSR count). The number of carbonyl (C=O) groups is 1. The van der Waals surface area contributed by atoms with Crippen molar-refractivity contribution in [1.82, 2.24) is 9.88 Å². The number of pyridine rings is 1. The fourth-order valence-electron chi connectivity index (χ4n) is 4.06. The third kappa shape index (κ3) is 4.11. The molecule has 0 spiro atoms. The van der Waals surface area contributed by atoms with E-state index in [-0.39, 0.29) is 12.5 Å². The van der Waals surface area contributed by atoms with Crippen molar-refractivity contribution in [3.8, 4) is 5.75 Å². The zero-order valence-corrected chi connectivity index (χ0v) is 18.0. The second-order valence-electron chi connectivity index (χ2n) is 7.89. The number of aryl methyl sites for hydroxylation is 3. The highest BCUT2D eigenvalue weighted by Gasteiger charge is 2.23. The maximum atomic E-state index is 12.7. The molecule has 0 atom stereocenters. The van der Waals surface area contributed by atoms with Gasteiger partial charge in [0.2, 0.25) is 0 Å². The molecule has 3 aromatic rings. The first-order valence-corrected chi connectivity index (χ1v) is 10.7. The molecule has 1 aliphatic rings. The SMILES string of the molecule is CCc1ccccc1OCC(=O)N1CCN(c2cc(C)c3cccc(C)c3n2)CC1. The predicted molar refractivity (Wildman–Crippen MR) is 121 cm³/mol. The van der Waals surface area contributed by atoms with E-state index in [1.54, 1.807) is 0 Å². The fourth-order valence-corrected chi connectivity index (χ4v) is 4.06. The van der Waals surface area contributed by atoms with Gasteiger partial charge in [0.15, 0.2) is 6.61 Å². The summed E-state index contributed by atoms with van der Waals surface area (Å²) in [4.78, 5) is 21.7. The van der Waals surface area contributed by atoms with Crippen LogP contribution in [0.2, 0.25) is 0 Å². The molecule has 2 heterocycles. The van der Waals surface area contributed by atoms with Gasteiger partial charge in [-0.1, -0.05) is 43.3 Å². The summed E-state index contributed by atoms with van der Waals surface area (Å²) in [5.41, 5.74) is 4.62. The van der Waals surface area contributed by atoms with Crippen molar-refractivity contribution in [2.45, 2.75) is 27.2 Å². The van der Waals surface area contributed by atoms with Crippen molar-refractivity contribution in [3.63, 3.8) is 0 Å². The van der Waals surface area contributed by atoms with Crippen molar-refractivity contribution >= 4 is 22.6 Å². The monoisotopic (exact) mass is 403 g/mol. The minimum absolute atomic E-state index is 0.0408. The quantitative estimate of drug-likeness (QED) is 0.642. The van der Waals surface area contributed by atoms with Crippen LogP contribution < -0.4 is 9.64 Å². The minimum Gasteiger partial charge on any atom is -0.483 e. The van der Waals surface area contributed by atoms with Crippen LogP contribution in [0, 0.1) is 13.8 Å². The zero-order chi connectivity index (χ0) is 21.1. The van der Waals surface area contributed by atoms with Crippen molar-refractivity contribution in [2.24, 2.45) is 0 Å². The lowest BCUT2D eigenvalue weighted by Crippen LogP contribution is -2.50. The first-order valence-electron chi connectivity index (χ1n) is 10.7. The molecule has 156 valence electrons. The number of ether oxygens (including phenoxy) is 1. The number of fused-ring (bicyclic) bond motifs is 1. The molecule has 0 N–H and O–H groups in total. The summed E-state index contributed by atoms with van der Waals surface area (Å²) in [6, 6.07) is 16.4. The van der Waals surface area contributed by atoms with Crippen LogP contribution in [0.5, 0.6) is 5.75 Å². The predicted octanol–water partition coefficient (Wildman–Crippen LogP) is 4.14. The van der Waals surface area contributed by atoms with E-state index >= 15 is 0 Å². The molecule has 1 amide bonds. The number of nitrogens with zero attached hydrogens (tertiary/aromatic N) is 3. The number of hydrogen-bond acceptors (Lipinski definition) is 4. The molecule has 0 radical (unpaired) electrons. The van der Waals surface area contributed by atoms with E-state index in [1.807, 2.05) is 29.2 Å². The molecule has 0 unspecified atom stereocenters. The van der Waals surface area contributed by atoms with E-state index in [0.29, 0.717) is 13.1 Å². The molecule has 1 fully saturated rings. The summed E-state index contributed by atoms with van der Waals surface area (Å²) < 4.78 is 5.81. The molecular formula is C25H29N3O2. The summed E-state index contributed by atoms with van der Waals surface area (Å²) in [5, 5.41) is 1.21. The minimum atomic E-state index is 0.0408. The van der Waals surface area contributed by atoms with E-state index in [0.717, 1.165) is 42.2 Å². The molecule has 30 heavy (non-hydrogen) atoms. The molecule has 5 nitrogen and oxygen atoms in total. The van der Waals surface area contributed by atoms with Gasteiger partial charge < -0.3 is 14.5 Å². The Bertz CT molecular complexity index is 1060. The zero-order valence-electron chi connectivity index (χ0n) is 18.0. The van der Waals surface area contributed by atoms with Crippen molar-refractivity contribution < 1.29 is 9.53 Å². The topological polar surface area (TPSA) is 45.7 Å². The van der Waals surface area contributed by atoms with Gasteiger partial charge in [-0.3, -0.25) is 4.79 Å². The van der Waals surface area contributed by atoms with Crippen LogP contribution in [0.3, 0.4) is 0 Å². The molecule has 1 saturated heterocycles. The molecule has 1 aliphatic heterocycles. The lowest BCUT2D eigenvalue weighted by Gasteiger charge is -2.35. The van der Waals surface area contributed by atoms with Crippen LogP contribution in [0.4, 0.5) is 5.82 Å². The summed E-state index contributed by atoms with van der Waals surface area (Å²) in [5.74, 6) is 1.84. The second-order valence-corrected chi connectivity index (χ2v) is 7.89. The summed E-state index contributed by atoms with van der Waals surface area (Å²) in [7, 11) is 0. The van der Waals surface area contributed by atoms with Gasteiger partial charge in [0.05, 0.1) is 5.52 Å². The van der Waals surface area contributed by atoms with Crippen molar-refractivity contribution in [3.05, 3.63) is 65.2 Å². The standard InChI is InChI=1S/C25H29N3O2/c1-4-20-9-5-6-11-22(20)30-17-24(29)28-14-12-27(13-15-28)23-16-19(3)21-10-7-8-18(2)25(21)26-23/h5-11,16H,4,12-15,17H2,1-3H3. The molecular weight excluding hydrogens is 374 g/mol. The lowest BCUT2D eigenvalue weighted by molar-refractivity contribution is -0.133. The van der Waals surface area contributed by atoms with Crippen LogP contribution in [0.15, 0.2) is 48.5 Å². The van der Waals surface area contributed by atoms with Crippen LogP contribution in [0.25, 0.3) is 10.9 Å². The van der Waals surface area contributed by atoms with E-state index in [9.17, 15) is 4.79 Å². The highest BCUT2D eigenvalue weighted by atomic mass is 16.5. The fraction of sp³-hybridized carbons (Fsp3) is 0.360. The molecule has 2 aromatic carbocycles. The van der Waals surface area contributed by atoms with Gasteiger partial charge in [-0.05, 0) is 49.1 Å². The number of amides is 1. The van der Waals surface area contributed by atoms with E-state index < -0.39 is 0 Å². The van der Waals surface area contributed by atoms with Crippen LogP contribution >= 0.6 is 0 Å². The number of para-hydroxylation sites is 2. The van der Waals surface area contributed by atoms with Gasteiger partial charge >= 0.3 is 0 Å². The van der Waals surface area contributed by atoms with E-state index in [2.05, 4.69) is 49.9 Å². The lowest BCUT2D eigenvalue weighted by atomic mass is 10.1. The largest absolute Gasteiger partial charge is 0.483 e. The Morgan fingerprint density at radius 1 is 1.00 bits per heavy atom. The van der Waals surface area contributed by atoms with Crippen molar-refractivity contribution in [1.29, 1.82) is 0 Å². The maximum Gasteiger partial charge on any atom is 0.260 e. The highest BCUT2D eigenvalue weighted by molar-refractivity contribution is 5.86. The third-order valence-electron chi connectivity index (χ3n) is 5.90. The Morgan fingerprint density at radius 2 is 1.77 bits per heavy atom. The third-order valence-corrected chi connectivity index (χ3v) is 5.90. The van der Waals surface area contributed by atoms with Crippen LogP contribution in [-0.2, 0) is 11.2 Å². The maximum absolute atomic E-state index is 12.7. The number of hydrogen-bond donors (Lipinski definition) is 0.